The van der Waals surface area contributed by atoms with Crippen molar-refractivity contribution >= 4 is 34.0 Å². The molecule has 6 atom stereocenters. The first-order valence-electron chi connectivity index (χ1n) is 8.01. The van der Waals surface area contributed by atoms with E-state index in [1.54, 1.807) is 6.21 Å². The zero-order valence-corrected chi connectivity index (χ0v) is 13.9. The van der Waals surface area contributed by atoms with E-state index in [1.807, 2.05) is 24.3 Å². The summed E-state index contributed by atoms with van der Waals surface area (Å²) in [7, 11) is 0. The quantitative estimate of drug-likeness (QED) is 0.456. The highest BCUT2D eigenvalue weighted by atomic mass is 79.9. The molecule has 0 radical (unpaired) electrons. The maximum atomic E-state index is 12.7. The van der Waals surface area contributed by atoms with E-state index in [2.05, 4.69) is 33.2 Å². The van der Waals surface area contributed by atoms with E-state index in [4.69, 9.17) is 0 Å². The van der Waals surface area contributed by atoms with Crippen molar-refractivity contribution < 1.29 is 9.59 Å². The summed E-state index contributed by atoms with van der Waals surface area (Å²) in [5, 5.41) is 5.33. The summed E-state index contributed by atoms with van der Waals surface area (Å²) in [4.78, 5) is 25.5. The SMILES string of the molecule is O=C1[C@@H]2[C@H]3C=C[C@@H]([C@@H]4C[C@H]34)[C@@H]2C(=O)N1/N=C\c1ccc(Br)cc1. The van der Waals surface area contributed by atoms with Gasteiger partial charge in [0.25, 0.3) is 11.8 Å². The van der Waals surface area contributed by atoms with Crippen LogP contribution in [0.3, 0.4) is 0 Å². The second kappa shape index (κ2) is 4.63. The zero-order chi connectivity index (χ0) is 15.7. The highest BCUT2D eigenvalue weighted by molar-refractivity contribution is 9.10. The van der Waals surface area contributed by atoms with Crippen LogP contribution < -0.4 is 0 Å². The van der Waals surface area contributed by atoms with Crippen molar-refractivity contribution in [3.63, 3.8) is 0 Å². The Morgan fingerprint density at radius 1 is 1.00 bits per heavy atom. The van der Waals surface area contributed by atoms with Crippen molar-refractivity contribution in [1.29, 1.82) is 0 Å². The number of carbonyl (C=O) groups is 2. The van der Waals surface area contributed by atoms with Gasteiger partial charge in [0.05, 0.1) is 18.1 Å². The number of amides is 2. The number of hydrogen-bond donors (Lipinski definition) is 0. The number of allylic oxidation sites excluding steroid dienone is 2. The molecule has 1 aromatic carbocycles. The van der Waals surface area contributed by atoms with E-state index in [0.29, 0.717) is 11.8 Å². The number of nitrogens with zero attached hydrogens (tertiary/aromatic N) is 2. The summed E-state index contributed by atoms with van der Waals surface area (Å²) < 4.78 is 0.982. The van der Waals surface area contributed by atoms with Crippen LogP contribution in [-0.4, -0.2) is 23.0 Å². The van der Waals surface area contributed by atoms with Crippen LogP contribution in [0.1, 0.15) is 12.0 Å². The summed E-state index contributed by atoms with van der Waals surface area (Å²) in [6.07, 6.45) is 7.12. The molecular formula is C18H15BrN2O2. The van der Waals surface area contributed by atoms with E-state index >= 15 is 0 Å². The molecule has 116 valence electrons. The van der Waals surface area contributed by atoms with Crippen molar-refractivity contribution in [2.24, 2.45) is 40.6 Å². The zero-order valence-electron chi connectivity index (χ0n) is 12.3. The van der Waals surface area contributed by atoms with Crippen LogP contribution in [0, 0.1) is 35.5 Å². The molecule has 1 saturated heterocycles. The van der Waals surface area contributed by atoms with Gasteiger partial charge in [0.15, 0.2) is 0 Å². The van der Waals surface area contributed by atoms with Gasteiger partial charge in [-0.15, -0.1) is 0 Å². The molecule has 1 heterocycles. The topological polar surface area (TPSA) is 49.7 Å². The Bertz CT molecular complexity index is 734. The van der Waals surface area contributed by atoms with Crippen LogP contribution in [-0.2, 0) is 9.59 Å². The van der Waals surface area contributed by atoms with Gasteiger partial charge in [-0.3, -0.25) is 9.59 Å². The Balaban J connectivity index is 1.44. The van der Waals surface area contributed by atoms with E-state index in [0.717, 1.165) is 15.0 Å². The Morgan fingerprint density at radius 2 is 1.57 bits per heavy atom. The Hall–Kier alpha value is -1.75. The van der Waals surface area contributed by atoms with Gasteiger partial charge in [-0.1, -0.05) is 40.2 Å². The summed E-state index contributed by atoms with van der Waals surface area (Å²) >= 11 is 3.38. The molecule has 2 saturated carbocycles. The van der Waals surface area contributed by atoms with Crippen LogP contribution in [0.4, 0.5) is 0 Å². The number of imide groups is 1. The maximum Gasteiger partial charge on any atom is 0.254 e. The minimum absolute atomic E-state index is 0.113. The molecule has 3 fully saturated rings. The third-order valence-electron chi connectivity index (χ3n) is 5.83. The Kier molecular flexibility index (Phi) is 2.75. The van der Waals surface area contributed by atoms with Crippen LogP contribution >= 0.6 is 15.9 Å². The normalized spacial score (nSPS) is 40.0. The van der Waals surface area contributed by atoms with Crippen LogP contribution in [0.5, 0.6) is 0 Å². The van der Waals surface area contributed by atoms with Crippen LogP contribution in [0.15, 0.2) is 46.0 Å². The van der Waals surface area contributed by atoms with Gasteiger partial charge in [0, 0.05) is 4.47 Å². The molecular weight excluding hydrogens is 356 g/mol. The number of rotatable bonds is 2. The first kappa shape index (κ1) is 13.7. The molecule has 0 N–H and O–H groups in total. The van der Waals surface area contributed by atoms with E-state index in [1.165, 1.54) is 6.42 Å². The smallest absolute Gasteiger partial charge is 0.254 e. The van der Waals surface area contributed by atoms with E-state index in [9.17, 15) is 9.59 Å². The molecule has 1 aliphatic heterocycles. The largest absolute Gasteiger partial charge is 0.272 e. The highest BCUT2D eigenvalue weighted by Gasteiger charge is 2.67. The second-order valence-corrected chi connectivity index (χ2v) is 7.85. The molecule has 2 amide bonds. The first-order valence-corrected chi connectivity index (χ1v) is 8.80. The van der Waals surface area contributed by atoms with Crippen molar-refractivity contribution in [1.82, 2.24) is 5.01 Å². The lowest BCUT2D eigenvalue weighted by atomic mass is 9.63. The van der Waals surface area contributed by atoms with Crippen molar-refractivity contribution in [2.75, 3.05) is 0 Å². The predicted octanol–water partition coefficient (Wildman–Crippen LogP) is 2.84. The lowest BCUT2D eigenvalue weighted by Crippen LogP contribution is -2.40. The summed E-state index contributed by atoms with van der Waals surface area (Å²) in [6, 6.07) is 7.61. The van der Waals surface area contributed by atoms with Gasteiger partial charge < -0.3 is 0 Å². The van der Waals surface area contributed by atoms with Gasteiger partial charge in [-0.05, 0) is 47.8 Å². The average Bonchev–Trinajstić information content (AvgIpc) is 3.33. The van der Waals surface area contributed by atoms with Gasteiger partial charge in [0.2, 0.25) is 0 Å². The second-order valence-electron chi connectivity index (χ2n) is 6.94. The fourth-order valence-electron chi connectivity index (χ4n) is 4.73. The lowest BCUT2D eigenvalue weighted by Gasteiger charge is -2.37. The number of carbonyl (C=O) groups excluding carboxylic acids is 2. The molecule has 4 nitrogen and oxygen atoms in total. The van der Waals surface area contributed by atoms with Gasteiger partial charge >= 0.3 is 0 Å². The maximum absolute atomic E-state index is 12.7. The molecule has 0 aromatic heterocycles. The predicted molar refractivity (Wildman–Crippen MR) is 88.3 cm³/mol. The monoisotopic (exact) mass is 370 g/mol. The minimum atomic E-state index is -0.177. The van der Waals surface area contributed by atoms with E-state index in [-0.39, 0.29) is 35.5 Å². The first-order chi connectivity index (χ1) is 11.1. The van der Waals surface area contributed by atoms with Crippen LogP contribution in [0.25, 0.3) is 0 Å². The average molecular weight is 371 g/mol. The summed E-state index contributed by atoms with van der Waals surface area (Å²) in [5.74, 6) is 1.17. The standard InChI is InChI=1S/C18H15BrN2O2/c19-10-3-1-9(2-4-10)8-20-21-17(22)15-11-5-6-12(14-7-13(11)14)16(15)18(21)23/h1-6,8,11-16H,7H2/b20-8-/t11-,12-,13-,14+,15-,16+/m0/s1. The Morgan fingerprint density at radius 3 is 2.13 bits per heavy atom. The van der Waals surface area contributed by atoms with Gasteiger partial charge in [-0.2, -0.15) is 10.1 Å². The lowest BCUT2D eigenvalue weighted by molar-refractivity contribution is -0.140. The van der Waals surface area contributed by atoms with Crippen molar-refractivity contribution in [2.45, 2.75) is 6.42 Å². The molecule has 6 rings (SSSR count). The minimum Gasteiger partial charge on any atom is -0.272 e. The summed E-state index contributed by atoms with van der Waals surface area (Å²) in [6.45, 7) is 0. The third-order valence-corrected chi connectivity index (χ3v) is 6.36. The highest BCUT2D eigenvalue weighted by Crippen LogP contribution is 2.65. The fraction of sp³-hybridized carbons (Fsp3) is 0.389. The number of hydrogen-bond acceptors (Lipinski definition) is 3. The molecule has 2 bridgehead atoms. The number of benzene rings is 1. The molecule has 5 aliphatic rings. The molecule has 23 heavy (non-hydrogen) atoms. The van der Waals surface area contributed by atoms with Gasteiger partial charge in [0.1, 0.15) is 0 Å². The Labute approximate surface area is 142 Å². The fourth-order valence-corrected chi connectivity index (χ4v) is 4.99. The molecule has 1 aromatic rings. The molecule has 4 aliphatic carbocycles. The molecule has 5 heteroatoms. The molecule has 0 unspecified atom stereocenters. The van der Waals surface area contributed by atoms with Crippen LogP contribution in [0.2, 0.25) is 0 Å². The molecule has 0 spiro atoms. The van der Waals surface area contributed by atoms with Crippen molar-refractivity contribution in [3.05, 3.63) is 46.5 Å². The number of halogens is 1. The van der Waals surface area contributed by atoms with E-state index < -0.39 is 0 Å². The number of hydrazone groups is 1. The summed E-state index contributed by atoms with van der Waals surface area (Å²) in [5.41, 5.74) is 0.868. The van der Waals surface area contributed by atoms with Gasteiger partial charge in [-0.25, -0.2) is 0 Å². The van der Waals surface area contributed by atoms with Crippen molar-refractivity contribution in [3.8, 4) is 0 Å². The third kappa shape index (κ3) is 1.86.